The van der Waals surface area contributed by atoms with Crippen LogP contribution in [0.15, 0.2) is 41.3 Å². The largest absolute Gasteiger partial charge is 0.490 e. The maximum absolute atomic E-state index is 13.3. The standard InChI is InChI=1S/C16H16FNO2S/c17-12-6-11(7-13(18)8-12)10-21-14-2-3-15-16(9-14)20-5-1-4-19-15/h2-3,6-9H,1,4-5,10,18H2. The average molecular weight is 305 g/mol. The zero-order chi connectivity index (χ0) is 14.7. The summed E-state index contributed by atoms with van der Waals surface area (Å²) in [6.45, 7) is 1.35. The van der Waals surface area contributed by atoms with Crippen LogP contribution in [0, 0.1) is 5.82 Å². The zero-order valence-electron chi connectivity index (χ0n) is 11.5. The van der Waals surface area contributed by atoms with Crippen LogP contribution in [0.3, 0.4) is 0 Å². The Morgan fingerprint density at radius 1 is 1.05 bits per heavy atom. The van der Waals surface area contributed by atoms with Crippen LogP contribution in [0.1, 0.15) is 12.0 Å². The highest BCUT2D eigenvalue weighted by Gasteiger charge is 2.11. The SMILES string of the molecule is Nc1cc(F)cc(CSc2ccc3c(c2)OCCCO3)c1. The Balaban J connectivity index is 1.71. The van der Waals surface area contributed by atoms with E-state index in [2.05, 4.69) is 0 Å². The summed E-state index contributed by atoms with van der Waals surface area (Å²) in [5.74, 6) is 1.91. The first-order valence-electron chi connectivity index (χ1n) is 6.78. The van der Waals surface area contributed by atoms with Gasteiger partial charge < -0.3 is 15.2 Å². The van der Waals surface area contributed by atoms with Gasteiger partial charge in [0, 0.05) is 22.8 Å². The van der Waals surface area contributed by atoms with Crippen molar-refractivity contribution in [2.45, 2.75) is 17.1 Å². The molecule has 0 radical (unpaired) electrons. The third-order valence-electron chi connectivity index (χ3n) is 3.10. The van der Waals surface area contributed by atoms with Gasteiger partial charge in [0.25, 0.3) is 0 Å². The smallest absolute Gasteiger partial charge is 0.162 e. The third-order valence-corrected chi connectivity index (χ3v) is 4.17. The number of halogens is 1. The molecule has 21 heavy (non-hydrogen) atoms. The maximum Gasteiger partial charge on any atom is 0.162 e. The van der Waals surface area contributed by atoms with E-state index in [1.165, 1.54) is 12.1 Å². The normalized spacial score (nSPS) is 13.8. The lowest BCUT2D eigenvalue weighted by atomic mass is 10.2. The van der Waals surface area contributed by atoms with Crippen LogP contribution in [0.4, 0.5) is 10.1 Å². The molecule has 0 saturated carbocycles. The number of hydrogen-bond acceptors (Lipinski definition) is 4. The molecule has 3 rings (SSSR count). The van der Waals surface area contributed by atoms with Crippen LogP contribution < -0.4 is 15.2 Å². The molecule has 0 bridgehead atoms. The second-order valence-corrected chi connectivity index (χ2v) is 5.89. The van der Waals surface area contributed by atoms with Crippen molar-refractivity contribution in [1.82, 2.24) is 0 Å². The van der Waals surface area contributed by atoms with E-state index in [9.17, 15) is 4.39 Å². The van der Waals surface area contributed by atoms with Gasteiger partial charge >= 0.3 is 0 Å². The van der Waals surface area contributed by atoms with E-state index < -0.39 is 0 Å². The van der Waals surface area contributed by atoms with Gasteiger partial charge in [0.15, 0.2) is 11.5 Å². The number of thioether (sulfide) groups is 1. The average Bonchev–Trinajstić information content (AvgIpc) is 2.68. The zero-order valence-corrected chi connectivity index (χ0v) is 12.3. The van der Waals surface area contributed by atoms with E-state index in [0.29, 0.717) is 24.7 Å². The lowest BCUT2D eigenvalue weighted by molar-refractivity contribution is 0.297. The Bertz CT molecular complexity index is 628. The minimum atomic E-state index is -0.302. The van der Waals surface area contributed by atoms with Crippen LogP contribution in [-0.4, -0.2) is 13.2 Å². The molecular weight excluding hydrogens is 289 g/mol. The van der Waals surface area contributed by atoms with E-state index in [0.717, 1.165) is 28.4 Å². The third kappa shape index (κ3) is 3.61. The van der Waals surface area contributed by atoms with Gasteiger partial charge in [-0.1, -0.05) is 0 Å². The predicted molar refractivity (Wildman–Crippen MR) is 82.4 cm³/mol. The summed E-state index contributed by atoms with van der Waals surface area (Å²) < 4.78 is 24.6. The first kappa shape index (κ1) is 14.1. The quantitative estimate of drug-likeness (QED) is 0.691. The summed E-state index contributed by atoms with van der Waals surface area (Å²) in [4.78, 5) is 1.06. The van der Waals surface area contributed by atoms with Crippen molar-refractivity contribution < 1.29 is 13.9 Å². The fourth-order valence-electron chi connectivity index (χ4n) is 2.16. The van der Waals surface area contributed by atoms with E-state index in [1.54, 1.807) is 17.8 Å². The summed E-state index contributed by atoms with van der Waals surface area (Å²) in [6, 6.07) is 10.5. The maximum atomic E-state index is 13.3. The molecule has 0 saturated heterocycles. The molecule has 1 heterocycles. The van der Waals surface area contributed by atoms with Crippen molar-refractivity contribution in [3.8, 4) is 11.5 Å². The van der Waals surface area contributed by atoms with Gasteiger partial charge in [-0.2, -0.15) is 0 Å². The highest BCUT2D eigenvalue weighted by molar-refractivity contribution is 7.98. The number of fused-ring (bicyclic) bond motifs is 1. The number of anilines is 1. The topological polar surface area (TPSA) is 44.5 Å². The monoisotopic (exact) mass is 305 g/mol. The first-order valence-corrected chi connectivity index (χ1v) is 7.77. The Morgan fingerprint density at radius 2 is 1.86 bits per heavy atom. The molecule has 2 aromatic rings. The highest BCUT2D eigenvalue weighted by Crippen LogP contribution is 2.35. The second kappa shape index (κ2) is 6.26. The van der Waals surface area contributed by atoms with Crippen LogP contribution in [-0.2, 0) is 5.75 Å². The van der Waals surface area contributed by atoms with Gasteiger partial charge in [-0.25, -0.2) is 4.39 Å². The molecule has 110 valence electrons. The number of benzene rings is 2. The molecule has 3 nitrogen and oxygen atoms in total. The van der Waals surface area contributed by atoms with Crippen molar-refractivity contribution in [1.29, 1.82) is 0 Å². The molecule has 1 aliphatic heterocycles. The molecule has 2 aromatic carbocycles. The minimum Gasteiger partial charge on any atom is -0.490 e. The Kier molecular flexibility index (Phi) is 4.20. The predicted octanol–water partition coefficient (Wildman–Crippen LogP) is 3.86. The number of rotatable bonds is 3. The Hall–Kier alpha value is -1.88. The van der Waals surface area contributed by atoms with Crippen molar-refractivity contribution in [2.75, 3.05) is 18.9 Å². The molecule has 0 fully saturated rings. The fraction of sp³-hybridized carbons (Fsp3) is 0.250. The molecule has 2 N–H and O–H groups in total. The lowest BCUT2D eigenvalue weighted by Gasteiger charge is -2.09. The van der Waals surface area contributed by atoms with E-state index >= 15 is 0 Å². The lowest BCUT2D eigenvalue weighted by Crippen LogP contribution is -1.97. The highest BCUT2D eigenvalue weighted by atomic mass is 32.2. The van der Waals surface area contributed by atoms with Crippen LogP contribution >= 0.6 is 11.8 Å². The van der Waals surface area contributed by atoms with Crippen LogP contribution in [0.25, 0.3) is 0 Å². The number of ether oxygens (including phenoxy) is 2. The van der Waals surface area contributed by atoms with Crippen molar-refractivity contribution in [2.24, 2.45) is 0 Å². The van der Waals surface area contributed by atoms with Crippen LogP contribution in [0.5, 0.6) is 11.5 Å². The van der Waals surface area contributed by atoms with Crippen molar-refractivity contribution >= 4 is 17.4 Å². The minimum absolute atomic E-state index is 0.302. The first-order chi connectivity index (χ1) is 10.2. The van der Waals surface area contributed by atoms with Gasteiger partial charge in [-0.15, -0.1) is 11.8 Å². The molecule has 0 aromatic heterocycles. The summed E-state index contributed by atoms with van der Waals surface area (Å²) in [6.07, 6.45) is 0.889. The molecule has 0 aliphatic carbocycles. The Morgan fingerprint density at radius 3 is 2.67 bits per heavy atom. The van der Waals surface area contributed by atoms with Crippen molar-refractivity contribution in [3.63, 3.8) is 0 Å². The van der Waals surface area contributed by atoms with Crippen molar-refractivity contribution in [3.05, 3.63) is 47.8 Å². The molecular formula is C16H16FNO2S. The summed E-state index contributed by atoms with van der Waals surface area (Å²) in [5, 5.41) is 0. The van der Waals surface area contributed by atoms with Crippen LogP contribution in [0.2, 0.25) is 0 Å². The van der Waals surface area contributed by atoms with E-state index in [1.807, 2.05) is 18.2 Å². The van der Waals surface area contributed by atoms with Gasteiger partial charge in [-0.05, 0) is 42.0 Å². The fourth-order valence-corrected chi connectivity index (χ4v) is 3.01. The number of nitrogens with two attached hydrogens (primary N) is 1. The number of hydrogen-bond donors (Lipinski definition) is 1. The Labute approximate surface area is 127 Å². The van der Waals surface area contributed by atoms with E-state index in [4.69, 9.17) is 15.2 Å². The van der Waals surface area contributed by atoms with Gasteiger partial charge in [0.1, 0.15) is 5.82 Å². The molecule has 0 amide bonds. The number of nitrogen functional groups attached to an aromatic ring is 1. The molecule has 0 spiro atoms. The van der Waals surface area contributed by atoms with Gasteiger partial charge in [0.2, 0.25) is 0 Å². The van der Waals surface area contributed by atoms with Gasteiger partial charge in [-0.3, -0.25) is 0 Å². The molecule has 0 atom stereocenters. The summed E-state index contributed by atoms with van der Waals surface area (Å²) in [5.41, 5.74) is 6.96. The molecule has 5 heteroatoms. The van der Waals surface area contributed by atoms with Gasteiger partial charge in [0.05, 0.1) is 13.2 Å². The molecule has 1 aliphatic rings. The van der Waals surface area contributed by atoms with E-state index in [-0.39, 0.29) is 5.82 Å². The summed E-state index contributed by atoms with van der Waals surface area (Å²) >= 11 is 1.61. The second-order valence-electron chi connectivity index (χ2n) is 4.84. The molecule has 0 unspecified atom stereocenters. The summed E-state index contributed by atoms with van der Waals surface area (Å²) in [7, 11) is 0.